The van der Waals surface area contributed by atoms with Crippen LogP contribution in [-0.4, -0.2) is 134 Å². The zero-order valence-corrected chi connectivity index (χ0v) is 42.6. The Hall–Kier alpha value is -3.52. The Morgan fingerprint density at radius 3 is 2.37 bits per heavy atom. The van der Waals surface area contributed by atoms with Gasteiger partial charge >= 0.3 is 23.5 Å². The number of rotatable bonds is 33. The van der Waals surface area contributed by atoms with E-state index in [2.05, 4.69) is 53.5 Å². The molecule has 1 aliphatic rings. The minimum absolute atomic E-state index is 0.0264. The van der Waals surface area contributed by atoms with Crippen molar-refractivity contribution >= 4 is 69.1 Å². The summed E-state index contributed by atoms with van der Waals surface area (Å²) in [7, 11) is -16.4. The van der Waals surface area contributed by atoms with Crippen molar-refractivity contribution in [2.75, 3.05) is 37.8 Å². The SMILES string of the molecule is CCCCC/C=C/C/C=C/C=C/C(O)C/C=C/CCCC(=O)SCCNC(=O)CCNC(=O)C(O)C(C)(C)COP(=O)(O)OP(=O)(O)OCC1OC(n2cnc3c(N)ncnc32)C(O)C1OP(=O)(O)O. The molecule has 11 N–H and O–H groups in total. The highest BCUT2D eigenvalue weighted by Gasteiger charge is 2.50. The Kier molecular flexibility index (Phi) is 25.9. The molecule has 394 valence electrons. The van der Waals surface area contributed by atoms with Gasteiger partial charge in [0, 0.05) is 37.1 Å². The molecule has 2 amide bonds. The molecule has 0 saturated carbocycles. The number of hydrogen-bond acceptors (Lipinski definition) is 19. The van der Waals surface area contributed by atoms with Crippen LogP contribution >= 0.6 is 35.2 Å². The van der Waals surface area contributed by atoms with Gasteiger partial charge in [-0.2, -0.15) is 4.31 Å². The lowest BCUT2D eigenvalue weighted by molar-refractivity contribution is -0.137. The average molecular weight is 1070 g/mol. The molecule has 0 aliphatic carbocycles. The van der Waals surface area contributed by atoms with Crippen molar-refractivity contribution in [3.8, 4) is 0 Å². The molecule has 25 nitrogen and oxygen atoms in total. The van der Waals surface area contributed by atoms with Gasteiger partial charge in [0.15, 0.2) is 22.8 Å². The molecule has 8 atom stereocenters. The zero-order valence-electron chi connectivity index (χ0n) is 39.1. The van der Waals surface area contributed by atoms with Crippen LogP contribution in [0.4, 0.5) is 5.82 Å². The fourth-order valence-corrected chi connectivity index (χ4v) is 9.87. The Morgan fingerprint density at radius 2 is 1.64 bits per heavy atom. The maximum atomic E-state index is 12.7. The molecule has 2 aromatic rings. The zero-order chi connectivity index (χ0) is 52.0. The summed E-state index contributed by atoms with van der Waals surface area (Å²) in [6.07, 6.45) is 15.8. The van der Waals surface area contributed by atoms with Crippen LogP contribution in [0.25, 0.3) is 11.2 Å². The number of imidazole rings is 1. The third-order valence-corrected chi connectivity index (χ3v) is 14.1. The Labute approximate surface area is 409 Å². The minimum Gasteiger partial charge on any atom is -0.389 e. The Bertz CT molecular complexity index is 2260. The van der Waals surface area contributed by atoms with Gasteiger partial charge in [-0.05, 0) is 38.5 Å². The highest BCUT2D eigenvalue weighted by molar-refractivity contribution is 8.13. The van der Waals surface area contributed by atoms with E-state index in [0.717, 1.165) is 41.8 Å². The third kappa shape index (κ3) is 22.5. The number of carbonyl (C=O) groups is 3. The summed E-state index contributed by atoms with van der Waals surface area (Å²) in [6, 6.07) is 0. The third-order valence-electron chi connectivity index (χ3n) is 10.1. The van der Waals surface area contributed by atoms with Crippen molar-refractivity contribution in [2.24, 2.45) is 5.41 Å². The summed E-state index contributed by atoms with van der Waals surface area (Å²) >= 11 is 1.08. The van der Waals surface area contributed by atoms with Crippen molar-refractivity contribution in [3.63, 3.8) is 0 Å². The van der Waals surface area contributed by atoms with Crippen molar-refractivity contribution < 1.29 is 85.6 Å². The normalized spacial score (nSPS) is 20.7. The first kappa shape index (κ1) is 60.8. The molecule has 0 radical (unpaired) electrons. The molecular formula is C41H66N7O18P3S. The molecule has 0 bridgehead atoms. The number of aliphatic hydroxyl groups excluding tert-OH is 3. The topological polar surface area (TPSA) is 384 Å². The van der Waals surface area contributed by atoms with Crippen LogP contribution in [0, 0.1) is 5.41 Å². The molecule has 8 unspecified atom stereocenters. The van der Waals surface area contributed by atoms with Gasteiger partial charge in [0.1, 0.15) is 36.3 Å². The number of amides is 2. The number of ether oxygens (including phenoxy) is 1. The molecular weight excluding hydrogens is 1000 g/mol. The number of unbranched alkanes of at least 4 members (excludes halogenated alkanes) is 4. The number of thioether (sulfide) groups is 1. The van der Waals surface area contributed by atoms with Gasteiger partial charge in [0.2, 0.25) is 11.8 Å². The maximum absolute atomic E-state index is 12.7. The summed E-state index contributed by atoms with van der Waals surface area (Å²) in [5, 5.41) is 36.6. The summed E-state index contributed by atoms with van der Waals surface area (Å²) in [6.45, 7) is 2.62. The van der Waals surface area contributed by atoms with Gasteiger partial charge < -0.3 is 56.0 Å². The first-order chi connectivity index (χ1) is 32.9. The number of carbonyl (C=O) groups excluding carboxylic acids is 3. The summed E-state index contributed by atoms with van der Waals surface area (Å²) < 4.78 is 62.4. The predicted octanol–water partition coefficient (Wildman–Crippen LogP) is 3.78. The number of phosphoric acid groups is 3. The lowest BCUT2D eigenvalue weighted by Crippen LogP contribution is -2.46. The average Bonchev–Trinajstić information content (AvgIpc) is 3.85. The van der Waals surface area contributed by atoms with E-state index in [1.54, 1.807) is 6.08 Å². The first-order valence-corrected chi connectivity index (χ1v) is 27.8. The number of nitrogens with one attached hydrogen (secondary N) is 2. The van der Waals surface area contributed by atoms with E-state index in [1.807, 2.05) is 30.4 Å². The number of fused-ring (bicyclic) bond motifs is 1. The van der Waals surface area contributed by atoms with Gasteiger partial charge in [0.25, 0.3) is 0 Å². The molecule has 2 aromatic heterocycles. The van der Waals surface area contributed by atoms with E-state index in [1.165, 1.54) is 33.1 Å². The fourth-order valence-electron chi connectivity index (χ4n) is 6.32. The molecule has 0 spiro atoms. The predicted molar refractivity (Wildman–Crippen MR) is 257 cm³/mol. The summed E-state index contributed by atoms with van der Waals surface area (Å²) in [5.41, 5.74) is 4.25. The molecule has 3 rings (SSSR count). The van der Waals surface area contributed by atoms with E-state index >= 15 is 0 Å². The molecule has 29 heteroatoms. The van der Waals surface area contributed by atoms with Gasteiger partial charge in [-0.3, -0.25) is 32.5 Å². The lowest BCUT2D eigenvalue weighted by Gasteiger charge is -2.30. The number of phosphoric ester groups is 3. The first-order valence-electron chi connectivity index (χ1n) is 22.3. The van der Waals surface area contributed by atoms with Crippen molar-refractivity contribution in [2.45, 2.75) is 122 Å². The van der Waals surface area contributed by atoms with Gasteiger partial charge in [-0.15, -0.1) is 0 Å². The molecule has 70 heavy (non-hydrogen) atoms. The quantitative estimate of drug-likeness (QED) is 0.0210. The second kappa shape index (κ2) is 29.9. The van der Waals surface area contributed by atoms with Crippen LogP contribution in [0.5, 0.6) is 0 Å². The highest BCUT2D eigenvalue weighted by Crippen LogP contribution is 2.61. The molecule has 0 aromatic carbocycles. The number of nitrogen functional groups attached to an aromatic ring is 1. The lowest BCUT2D eigenvalue weighted by atomic mass is 9.87. The van der Waals surface area contributed by atoms with E-state index in [-0.39, 0.29) is 41.6 Å². The number of hydrogen-bond donors (Lipinski definition) is 10. The van der Waals surface area contributed by atoms with E-state index in [0.29, 0.717) is 31.4 Å². The summed E-state index contributed by atoms with van der Waals surface area (Å²) in [5.74, 6) is -1.16. The summed E-state index contributed by atoms with van der Waals surface area (Å²) in [4.78, 5) is 88.4. The number of nitrogens with two attached hydrogens (primary N) is 1. The van der Waals surface area contributed by atoms with Crippen molar-refractivity contribution in [1.29, 1.82) is 0 Å². The number of aromatic nitrogens is 4. The van der Waals surface area contributed by atoms with Gasteiger partial charge in [0.05, 0.1) is 25.6 Å². The van der Waals surface area contributed by atoms with Crippen molar-refractivity contribution in [3.05, 3.63) is 61.3 Å². The number of allylic oxidation sites excluding steroid dienone is 6. The smallest absolute Gasteiger partial charge is 0.389 e. The fraction of sp³-hybridized carbons (Fsp3) is 0.610. The van der Waals surface area contributed by atoms with Crippen molar-refractivity contribution in [1.82, 2.24) is 30.2 Å². The highest BCUT2D eigenvalue weighted by atomic mass is 32.2. The Balaban J connectivity index is 1.31. The van der Waals surface area contributed by atoms with E-state index < -0.39 is 90.7 Å². The van der Waals surface area contributed by atoms with E-state index in [9.17, 15) is 63.0 Å². The molecule has 3 heterocycles. The number of anilines is 1. The largest absolute Gasteiger partial charge is 0.481 e. The minimum atomic E-state index is -5.59. The van der Waals surface area contributed by atoms with Gasteiger partial charge in [-0.1, -0.05) is 94.0 Å². The second-order valence-corrected chi connectivity index (χ2v) is 21.9. The monoisotopic (exact) mass is 1070 g/mol. The number of aliphatic hydroxyl groups is 3. The molecule has 1 fully saturated rings. The second-order valence-electron chi connectivity index (χ2n) is 16.5. The maximum Gasteiger partial charge on any atom is 0.481 e. The molecule has 1 aliphatic heterocycles. The van der Waals surface area contributed by atoms with Gasteiger partial charge in [-0.25, -0.2) is 28.6 Å². The van der Waals surface area contributed by atoms with Crippen LogP contribution in [0.15, 0.2) is 61.3 Å². The Morgan fingerprint density at radius 1 is 0.929 bits per heavy atom. The van der Waals surface area contributed by atoms with E-state index in [4.69, 9.17) is 19.5 Å². The van der Waals surface area contributed by atoms with Crippen LogP contribution in [0.3, 0.4) is 0 Å². The van der Waals surface area contributed by atoms with Crippen LogP contribution in [-0.2, 0) is 50.7 Å². The molecule has 1 saturated heterocycles. The number of nitrogens with zero attached hydrogens (tertiary/aromatic N) is 4. The van der Waals surface area contributed by atoms with Crippen LogP contribution in [0.1, 0.15) is 91.2 Å². The standard InChI is InChI=1S/C41H66N7O18P3S/c1-4-5-6-7-8-9-10-11-12-15-18-29(49)19-16-13-14-17-20-32(51)70-24-23-43-31(50)21-22-44-39(54)36(53)41(2,3)26-63-69(60,61)66-68(58,59)62-25-30-35(65-67(55,56)57)34(52)40(64-30)48-28-47-33-37(42)45-27-46-38(33)48/h8-9,11-13,15-16,18,27-30,34-36,40,49,52-53H,4-7,10,14,17,19-26H2,1-3H3,(H,43,50)(H,44,54)(H,58,59)(H,60,61)(H2,42,45,46)(H2,55,56,57)/b9-8+,12-11+,16-13+,18-15+. The van der Waals surface area contributed by atoms with Crippen LogP contribution < -0.4 is 16.4 Å². The van der Waals surface area contributed by atoms with Crippen LogP contribution in [0.2, 0.25) is 0 Å².